The molecule has 0 saturated carbocycles. The molecule has 0 aliphatic carbocycles. The maximum atomic E-state index is 13.5. The van der Waals surface area contributed by atoms with Gasteiger partial charge in [-0.2, -0.15) is 0 Å². The monoisotopic (exact) mass is 571 g/mol. The Bertz CT molecular complexity index is 1590. The second kappa shape index (κ2) is 8.17. The molecule has 0 amide bonds. The van der Waals surface area contributed by atoms with Crippen LogP contribution in [-0.4, -0.2) is 76.1 Å². The minimum atomic E-state index is -1.69. The molecule has 6 bridgehead atoms. The summed E-state index contributed by atoms with van der Waals surface area (Å²) in [5.74, 6) is 0.719. The van der Waals surface area contributed by atoms with Crippen LogP contribution in [0, 0.1) is 0 Å². The van der Waals surface area contributed by atoms with Crippen LogP contribution in [-0.2, 0) is 11.3 Å². The van der Waals surface area contributed by atoms with Crippen LogP contribution in [0.4, 0.5) is 5.69 Å². The predicted molar refractivity (Wildman–Crippen MR) is 134 cm³/mol. The van der Waals surface area contributed by atoms with Crippen LogP contribution >= 0.6 is 0 Å². The summed E-state index contributed by atoms with van der Waals surface area (Å²) >= 11 is -1.69. The number of aromatic nitrogens is 3. The number of hydrogen-bond acceptors (Lipinski definition) is 6. The third-order valence-corrected chi connectivity index (χ3v) is 10.1. The quantitative estimate of drug-likeness (QED) is 0.353. The Kier molecular flexibility index (Phi) is 4.92. The Hall–Kier alpha value is -3.24. The molecule has 172 valence electrons. The Morgan fingerprint density at radius 3 is 2.89 bits per heavy atom. The van der Waals surface area contributed by atoms with Crippen LogP contribution in [0.2, 0.25) is 0 Å². The fourth-order valence-corrected chi connectivity index (χ4v) is 8.25. The number of rotatable bonds is 1. The third kappa shape index (κ3) is 3.54. The molecular weight excluding hydrogens is 549 g/mol. The summed E-state index contributed by atoms with van der Waals surface area (Å²) in [4.78, 5) is 38.3. The number of nitrogens with one attached hydrogen (secondary N) is 1. The third-order valence-electron chi connectivity index (χ3n) is 6.93. The molecule has 4 aromatic rings. The van der Waals surface area contributed by atoms with Gasteiger partial charge in [0.25, 0.3) is 0 Å². The molecule has 3 aliphatic heterocycles. The summed E-state index contributed by atoms with van der Waals surface area (Å²) in [5.41, 5.74) is 4.31. The zero-order valence-electron chi connectivity index (χ0n) is 18.8. The van der Waals surface area contributed by atoms with Crippen molar-refractivity contribution < 1.29 is 9.53 Å². The molecule has 2 atom stereocenters. The van der Waals surface area contributed by atoms with Crippen molar-refractivity contribution in [2.24, 2.45) is 4.99 Å². The molecule has 2 radical (unpaired) electrons. The van der Waals surface area contributed by atoms with Crippen molar-refractivity contribution in [1.82, 2.24) is 19.7 Å². The van der Waals surface area contributed by atoms with Crippen molar-refractivity contribution in [2.45, 2.75) is 19.1 Å². The zero-order chi connectivity index (χ0) is 23.5. The van der Waals surface area contributed by atoms with Crippen LogP contribution in [0.25, 0.3) is 22.2 Å². The minimum absolute atomic E-state index is 0.0292. The summed E-state index contributed by atoms with van der Waals surface area (Å²) in [7, 11) is 0. The summed E-state index contributed by atoms with van der Waals surface area (Å²) in [5, 5.41) is 3.87. The van der Waals surface area contributed by atoms with Gasteiger partial charge in [-0.3, -0.25) is 0 Å². The number of aromatic amines is 1. The van der Waals surface area contributed by atoms with E-state index in [1.807, 2.05) is 42.5 Å². The Labute approximate surface area is 210 Å². The molecular formula is C26H21N5O3Sn. The predicted octanol–water partition coefficient (Wildman–Crippen LogP) is 1.85. The fourth-order valence-electron chi connectivity index (χ4n) is 5.17. The van der Waals surface area contributed by atoms with Crippen molar-refractivity contribution in [1.29, 1.82) is 0 Å². The first-order chi connectivity index (χ1) is 17.1. The molecule has 8 nitrogen and oxygen atoms in total. The van der Waals surface area contributed by atoms with E-state index >= 15 is 0 Å². The van der Waals surface area contributed by atoms with Gasteiger partial charge in [0.05, 0.1) is 0 Å². The average Bonchev–Trinajstić information content (AvgIpc) is 3.46. The van der Waals surface area contributed by atoms with Crippen molar-refractivity contribution in [3.63, 3.8) is 0 Å². The standard InChI is InChI=1S/C26H21N5O3.Sn/c32-16-23-19-4-3-5-20-25(19)29-31(26(20)33)13-12-30-11-9-18(15-30)34-24-14-17(7-8-22(24)28-23)21-6-1-2-10-27-21;/h1-7,10,14,18,29H,9,11-13,15H2;/t18-;/m0./s1. The molecule has 1 fully saturated rings. The second-order valence-corrected chi connectivity index (χ2v) is 12.7. The first-order valence-corrected chi connectivity index (χ1v) is 14.6. The van der Waals surface area contributed by atoms with Gasteiger partial charge in [0, 0.05) is 0 Å². The first-order valence-electron chi connectivity index (χ1n) is 11.7. The number of hydrogen-bond donors (Lipinski definition) is 1. The Balaban J connectivity index is 1.47. The van der Waals surface area contributed by atoms with Crippen LogP contribution < -0.4 is 13.9 Å². The molecule has 9 heteroatoms. The number of carbonyl (C=O) groups is 1. The van der Waals surface area contributed by atoms with Crippen LogP contribution in [0.5, 0.6) is 5.75 Å². The van der Waals surface area contributed by atoms with E-state index < -0.39 is 21.1 Å². The van der Waals surface area contributed by atoms with E-state index in [0.29, 0.717) is 28.7 Å². The normalized spacial score (nSPS) is 21.0. The summed E-state index contributed by atoms with van der Waals surface area (Å²) in [6, 6.07) is 15.4. The Morgan fingerprint density at radius 2 is 2.00 bits per heavy atom. The van der Waals surface area contributed by atoms with E-state index in [1.165, 1.54) is 0 Å². The van der Waals surface area contributed by atoms with Crippen molar-refractivity contribution in [3.8, 4) is 17.0 Å². The maximum absolute atomic E-state index is 13.5. The Morgan fingerprint density at radius 1 is 1.06 bits per heavy atom. The second-order valence-electron chi connectivity index (χ2n) is 9.13. The van der Waals surface area contributed by atoms with Gasteiger partial charge in [-0.05, 0) is 0 Å². The van der Waals surface area contributed by atoms with Crippen LogP contribution in [0.1, 0.15) is 12.0 Å². The van der Waals surface area contributed by atoms with Gasteiger partial charge in [-0.25, -0.2) is 0 Å². The average molecular weight is 570 g/mol. The van der Waals surface area contributed by atoms with Gasteiger partial charge in [0.15, 0.2) is 0 Å². The topological polar surface area (TPSA) is 92.6 Å². The molecule has 2 aromatic heterocycles. The van der Waals surface area contributed by atoms with Gasteiger partial charge in [-0.1, -0.05) is 0 Å². The number of para-hydroxylation sites is 1. The zero-order valence-corrected chi connectivity index (χ0v) is 21.7. The van der Waals surface area contributed by atoms with E-state index in [1.54, 1.807) is 10.9 Å². The van der Waals surface area contributed by atoms with Gasteiger partial charge in [0.1, 0.15) is 0 Å². The van der Waals surface area contributed by atoms with Gasteiger partial charge in [0.2, 0.25) is 0 Å². The fraction of sp³-hybridized carbons (Fsp3) is 0.231. The number of aliphatic imine (C=N–C) groups is 1. The number of benzene rings is 2. The number of carbonyl (C=O) groups excluding carboxylic acids is 1. The number of H-pyrrole nitrogens is 1. The molecule has 1 N–H and O–H groups in total. The molecule has 7 rings (SSSR count). The molecule has 0 spiro atoms. The van der Waals surface area contributed by atoms with Crippen LogP contribution in [0.15, 0.2) is 64.5 Å². The van der Waals surface area contributed by atoms with Gasteiger partial charge < -0.3 is 0 Å². The van der Waals surface area contributed by atoms with Gasteiger partial charge in [-0.15, -0.1) is 0 Å². The van der Waals surface area contributed by atoms with E-state index in [-0.39, 0.29) is 15.5 Å². The molecule has 5 heterocycles. The SMILES string of the molecule is O=[C]1[Sn][c]2cc(-c3ccccn3)cc3c2N=C1c1cccc2c(=O)n([nH]c12)CCN1CC[C@@H](C1)O3. The molecule has 1 unspecified atom stereocenters. The summed E-state index contributed by atoms with van der Waals surface area (Å²) in [6.45, 7) is 3.01. The van der Waals surface area contributed by atoms with E-state index in [0.717, 1.165) is 52.3 Å². The first kappa shape index (κ1) is 21.1. The molecule has 3 aliphatic rings. The van der Waals surface area contributed by atoms with Gasteiger partial charge >= 0.3 is 211 Å². The van der Waals surface area contributed by atoms with Crippen LogP contribution in [0.3, 0.4) is 0 Å². The van der Waals surface area contributed by atoms with Crippen molar-refractivity contribution in [2.75, 3.05) is 19.6 Å². The van der Waals surface area contributed by atoms with E-state index in [2.05, 4.69) is 21.0 Å². The summed E-state index contributed by atoms with van der Waals surface area (Å²) < 4.78 is 9.33. The number of fused-ring (bicyclic) bond motifs is 4. The van der Waals surface area contributed by atoms with E-state index in [9.17, 15) is 9.59 Å². The molecule has 35 heavy (non-hydrogen) atoms. The number of ether oxygens (including phenoxy) is 1. The molecule has 2 aromatic carbocycles. The summed E-state index contributed by atoms with van der Waals surface area (Å²) in [6.07, 6.45) is 2.71. The van der Waals surface area contributed by atoms with E-state index in [4.69, 9.17) is 9.73 Å². The van der Waals surface area contributed by atoms with Crippen molar-refractivity contribution >= 4 is 50.8 Å². The molecule has 1 saturated heterocycles. The number of pyridine rings is 1. The van der Waals surface area contributed by atoms with Crippen molar-refractivity contribution in [3.05, 3.63) is 70.6 Å². The number of nitrogens with zero attached hydrogens (tertiary/aromatic N) is 4.